The first kappa shape index (κ1) is 13.3. The van der Waals surface area contributed by atoms with Gasteiger partial charge in [-0.15, -0.1) is 10.2 Å². The van der Waals surface area contributed by atoms with Crippen LogP contribution < -0.4 is 10.2 Å². The van der Waals surface area contributed by atoms with Crippen molar-refractivity contribution in [1.82, 2.24) is 15.1 Å². The summed E-state index contributed by atoms with van der Waals surface area (Å²) >= 11 is 0. The Labute approximate surface area is 119 Å². The van der Waals surface area contributed by atoms with Crippen LogP contribution in [0.5, 0.6) is 0 Å². The minimum absolute atomic E-state index is 0.0728. The maximum absolute atomic E-state index is 11.6. The lowest BCUT2D eigenvalue weighted by molar-refractivity contribution is -0.117. The Morgan fingerprint density at radius 3 is 2.55 bits per heavy atom. The third-order valence-electron chi connectivity index (χ3n) is 3.99. The number of rotatable bonds is 4. The Kier molecular flexibility index (Phi) is 3.82. The van der Waals surface area contributed by atoms with Crippen LogP contribution >= 0.6 is 0 Å². The van der Waals surface area contributed by atoms with Crippen molar-refractivity contribution >= 4 is 17.5 Å². The molecule has 0 spiro atoms. The van der Waals surface area contributed by atoms with E-state index in [1.807, 2.05) is 12.1 Å². The predicted molar refractivity (Wildman–Crippen MR) is 77.7 cm³/mol. The van der Waals surface area contributed by atoms with Crippen LogP contribution in [0, 0.1) is 5.92 Å². The van der Waals surface area contributed by atoms with Gasteiger partial charge in [0.15, 0.2) is 11.6 Å². The first-order valence-electron chi connectivity index (χ1n) is 7.38. The second-order valence-electron chi connectivity index (χ2n) is 5.46. The molecule has 6 heteroatoms. The summed E-state index contributed by atoms with van der Waals surface area (Å²) < 4.78 is 0. The Morgan fingerprint density at radius 2 is 2.00 bits per heavy atom. The van der Waals surface area contributed by atoms with Crippen LogP contribution in [-0.4, -0.2) is 53.7 Å². The Morgan fingerprint density at radius 1 is 1.25 bits per heavy atom. The number of nitrogens with zero attached hydrogens (tertiary/aromatic N) is 4. The Hall–Kier alpha value is -1.69. The van der Waals surface area contributed by atoms with Gasteiger partial charge in [-0.25, -0.2) is 0 Å². The van der Waals surface area contributed by atoms with Crippen molar-refractivity contribution in [2.45, 2.75) is 19.8 Å². The highest BCUT2D eigenvalue weighted by atomic mass is 16.2. The van der Waals surface area contributed by atoms with E-state index < -0.39 is 0 Å². The number of amides is 1. The second kappa shape index (κ2) is 5.75. The van der Waals surface area contributed by atoms with E-state index in [2.05, 4.69) is 32.2 Å². The number of aromatic nitrogens is 2. The third-order valence-corrected chi connectivity index (χ3v) is 3.99. The Balaban J connectivity index is 1.57. The normalized spacial score (nSPS) is 19.9. The number of nitrogens with one attached hydrogen (secondary N) is 1. The molecule has 1 saturated heterocycles. The molecule has 0 aromatic carbocycles. The van der Waals surface area contributed by atoms with Gasteiger partial charge < -0.3 is 15.1 Å². The SMILES string of the molecule is CCN1CCN(c2ccc(NC(=O)C3CC3)nn2)CC1. The monoisotopic (exact) mass is 275 g/mol. The molecule has 0 bridgehead atoms. The molecule has 1 amide bonds. The topological polar surface area (TPSA) is 61.4 Å². The molecular weight excluding hydrogens is 254 g/mol. The number of likely N-dealkylation sites (N-methyl/N-ethyl adjacent to an activating group) is 1. The fourth-order valence-electron chi connectivity index (χ4n) is 2.43. The summed E-state index contributed by atoms with van der Waals surface area (Å²) in [5.41, 5.74) is 0. The van der Waals surface area contributed by atoms with Gasteiger partial charge in [0.05, 0.1) is 0 Å². The maximum Gasteiger partial charge on any atom is 0.228 e. The number of hydrogen-bond acceptors (Lipinski definition) is 5. The standard InChI is InChI=1S/C14H21N5O/c1-2-18-7-9-19(10-8-18)13-6-5-12(16-17-13)15-14(20)11-3-4-11/h5-6,11H,2-4,7-10H2,1H3,(H,15,16,20). The fraction of sp³-hybridized carbons (Fsp3) is 0.643. The van der Waals surface area contributed by atoms with Gasteiger partial charge in [-0.2, -0.15) is 0 Å². The van der Waals surface area contributed by atoms with Crippen LogP contribution in [-0.2, 0) is 4.79 Å². The van der Waals surface area contributed by atoms with Gasteiger partial charge in [-0.3, -0.25) is 4.79 Å². The highest BCUT2D eigenvalue weighted by molar-refractivity contribution is 5.93. The summed E-state index contributed by atoms with van der Waals surface area (Å²) in [6, 6.07) is 3.78. The fourth-order valence-corrected chi connectivity index (χ4v) is 2.43. The molecule has 2 aliphatic rings. The third kappa shape index (κ3) is 3.07. The van der Waals surface area contributed by atoms with Crippen molar-refractivity contribution in [2.75, 3.05) is 42.9 Å². The largest absolute Gasteiger partial charge is 0.353 e. The number of piperazine rings is 1. The molecule has 0 unspecified atom stereocenters. The van der Waals surface area contributed by atoms with Crippen molar-refractivity contribution in [1.29, 1.82) is 0 Å². The molecule has 2 heterocycles. The summed E-state index contributed by atoms with van der Waals surface area (Å²) in [6.45, 7) is 7.39. The van der Waals surface area contributed by atoms with Crippen LogP contribution in [0.15, 0.2) is 12.1 Å². The minimum atomic E-state index is 0.0728. The van der Waals surface area contributed by atoms with E-state index in [1.165, 1.54) is 0 Å². The summed E-state index contributed by atoms with van der Waals surface area (Å²) in [4.78, 5) is 16.3. The zero-order valence-electron chi connectivity index (χ0n) is 11.9. The zero-order chi connectivity index (χ0) is 13.9. The molecule has 20 heavy (non-hydrogen) atoms. The molecule has 2 fully saturated rings. The van der Waals surface area contributed by atoms with Crippen molar-refractivity contribution in [3.05, 3.63) is 12.1 Å². The average molecular weight is 275 g/mol. The van der Waals surface area contributed by atoms with Gasteiger partial charge in [0.25, 0.3) is 0 Å². The maximum atomic E-state index is 11.6. The predicted octanol–water partition coefficient (Wildman–Crippen LogP) is 0.967. The van der Waals surface area contributed by atoms with Gasteiger partial charge in [-0.05, 0) is 31.5 Å². The summed E-state index contributed by atoms with van der Waals surface area (Å²) in [6.07, 6.45) is 2.00. The van der Waals surface area contributed by atoms with Crippen LogP contribution in [0.1, 0.15) is 19.8 Å². The lowest BCUT2D eigenvalue weighted by Crippen LogP contribution is -2.46. The second-order valence-corrected chi connectivity index (χ2v) is 5.46. The summed E-state index contributed by atoms with van der Waals surface area (Å²) in [5, 5.41) is 11.1. The summed E-state index contributed by atoms with van der Waals surface area (Å²) in [5.74, 6) is 1.71. The van der Waals surface area contributed by atoms with Crippen LogP contribution in [0.25, 0.3) is 0 Å². The molecule has 1 saturated carbocycles. The molecule has 1 aliphatic heterocycles. The molecule has 1 aromatic rings. The smallest absolute Gasteiger partial charge is 0.228 e. The van der Waals surface area contributed by atoms with E-state index in [9.17, 15) is 4.79 Å². The highest BCUT2D eigenvalue weighted by Crippen LogP contribution is 2.29. The summed E-state index contributed by atoms with van der Waals surface area (Å²) in [7, 11) is 0. The molecule has 3 rings (SSSR count). The lowest BCUT2D eigenvalue weighted by atomic mass is 10.3. The molecule has 0 radical (unpaired) electrons. The van der Waals surface area contributed by atoms with Crippen LogP contribution in [0.2, 0.25) is 0 Å². The van der Waals surface area contributed by atoms with E-state index in [-0.39, 0.29) is 11.8 Å². The van der Waals surface area contributed by atoms with Crippen LogP contribution in [0.4, 0.5) is 11.6 Å². The van der Waals surface area contributed by atoms with Crippen LogP contribution in [0.3, 0.4) is 0 Å². The molecule has 108 valence electrons. The number of anilines is 2. The molecule has 0 atom stereocenters. The number of carbonyl (C=O) groups is 1. The van der Waals surface area contributed by atoms with Gasteiger partial charge in [0, 0.05) is 32.1 Å². The average Bonchev–Trinajstić information content (AvgIpc) is 3.33. The first-order valence-corrected chi connectivity index (χ1v) is 7.38. The minimum Gasteiger partial charge on any atom is -0.353 e. The molecule has 1 N–H and O–H groups in total. The number of carbonyl (C=O) groups excluding carboxylic acids is 1. The molecular formula is C14H21N5O. The zero-order valence-corrected chi connectivity index (χ0v) is 11.9. The van der Waals surface area contributed by atoms with Gasteiger partial charge in [-0.1, -0.05) is 6.92 Å². The number of hydrogen-bond donors (Lipinski definition) is 1. The highest BCUT2D eigenvalue weighted by Gasteiger charge is 2.29. The van der Waals surface area contributed by atoms with E-state index in [1.54, 1.807) is 0 Å². The van der Waals surface area contributed by atoms with E-state index in [0.717, 1.165) is 51.4 Å². The van der Waals surface area contributed by atoms with E-state index in [4.69, 9.17) is 0 Å². The Bertz CT molecular complexity index is 463. The van der Waals surface area contributed by atoms with Crippen molar-refractivity contribution in [2.24, 2.45) is 5.92 Å². The lowest BCUT2D eigenvalue weighted by Gasteiger charge is -2.34. The van der Waals surface area contributed by atoms with Crippen molar-refractivity contribution < 1.29 is 4.79 Å². The van der Waals surface area contributed by atoms with E-state index >= 15 is 0 Å². The quantitative estimate of drug-likeness (QED) is 0.887. The van der Waals surface area contributed by atoms with E-state index in [0.29, 0.717) is 5.82 Å². The van der Waals surface area contributed by atoms with Gasteiger partial charge >= 0.3 is 0 Å². The molecule has 6 nitrogen and oxygen atoms in total. The first-order chi connectivity index (χ1) is 9.76. The van der Waals surface area contributed by atoms with Gasteiger partial charge in [0.2, 0.25) is 5.91 Å². The molecule has 1 aromatic heterocycles. The van der Waals surface area contributed by atoms with Crippen molar-refractivity contribution in [3.63, 3.8) is 0 Å². The molecule has 1 aliphatic carbocycles. The van der Waals surface area contributed by atoms with Crippen molar-refractivity contribution in [3.8, 4) is 0 Å². The van der Waals surface area contributed by atoms with Gasteiger partial charge in [0.1, 0.15) is 0 Å².